The van der Waals surface area contributed by atoms with Crippen LogP contribution in [0.5, 0.6) is 11.5 Å². The second-order valence-corrected chi connectivity index (χ2v) is 6.78. The van der Waals surface area contributed by atoms with Crippen LogP contribution in [-0.2, 0) is 13.2 Å². The fraction of sp³-hybridized carbons (Fsp3) is 0.316. The molecule has 0 N–H and O–H groups in total. The van der Waals surface area contributed by atoms with Crippen LogP contribution in [0, 0.1) is 0 Å². The zero-order valence-corrected chi connectivity index (χ0v) is 16.0. The number of aromatic nitrogens is 2. The summed E-state index contributed by atoms with van der Waals surface area (Å²) in [6.07, 6.45) is 1.94. The summed E-state index contributed by atoms with van der Waals surface area (Å²) in [4.78, 5) is 2.07. The van der Waals surface area contributed by atoms with Crippen LogP contribution >= 0.6 is 11.3 Å². The lowest BCUT2D eigenvalue weighted by Gasteiger charge is -2.18. The molecule has 2 aromatic heterocycles. The number of alkyl halides is 2. The summed E-state index contributed by atoms with van der Waals surface area (Å²) < 4.78 is 36.8. The predicted molar refractivity (Wildman–Crippen MR) is 101 cm³/mol. The molecule has 0 atom stereocenters. The Labute approximate surface area is 160 Å². The Morgan fingerprint density at radius 1 is 1.22 bits per heavy atom. The van der Waals surface area contributed by atoms with Crippen molar-refractivity contribution in [3.05, 3.63) is 52.9 Å². The Balaban J connectivity index is 1.65. The maximum absolute atomic E-state index is 12.5. The highest BCUT2D eigenvalue weighted by atomic mass is 32.1. The van der Waals surface area contributed by atoms with Crippen molar-refractivity contribution in [3.8, 4) is 22.8 Å². The number of nitrogens with zero attached hydrogens (tertiary/aromatic N) is 3. The van der Waals surface area contributed by atoms with Gasteiger partial charge in [0, 0.05) is 23.7 Å². The smallest absolute Gasteiger partial charge is 0.387 e. The topological polar surface area (TPSA) is 39.5 Å². The van der Waals surface area contributed by atoms with Crippen molar-refractivity contribution in [2.45, 2.75) is 26.7 Å². The van der Waals surface area contributed by atoms with Gasteiger partial charge in [-0.1, -0.05) is 6.07 Å². The fourth-order valence-corrected chi connectivity index (χ4v) is 3.38. The molecule has 0 aliphatic carbocycles. The average Bonchev–Trinajstić information content (AvgIpc) is 3.28. The van der Waals surface area contributed by atoms with Gasteiger partial charge in [-0.25, -0.2) is 0 Å². The Morgan fingerprint density at radius 3 is 2.78 bits per heavy atom. The monoisotopic (exact) mass is 393 g/mol. The molecule has 0 bridgehead atoms. The molecular weight excluding hydrogens is 372 g/mol. The minimum Gasteiger partial charge on any atom is -0.490 e. The van der Waals surface area contributed by atoms with Crippen molar-refractivity contribution in [1.82, 2.24) is 14.7 Å². The van der Waals surface area contributed by atoms with Crippen LogP contribution in [0.4, 0.5) is 8.78 Å². The van der Waals surface area contributed by atoms with Crippen molar-refractivity contribution in [2.75, 3.05) is 13.7 Å². The van der Waals surface area contributed by atoms with Gasteiger partial charge in [-0.2, -0.15) is 25.2 Å². The molecule has 0 amide bonds. The first-order valence-electron chi connectivity index (χ1n) is 8.50. The number of hydrogen-bond acceptors (Lipinski definition) is 5. The molecule has 0 aliphatic heterocycles. The van der Waals surface area contributed by atoms with Crippen molar-refractivity contribution < 1.29 is 18.3 Å². The normalized spacial score (nSPS) is 11.3. The quantitative estimate of drug-likeness (QED) is 0.528. The Kier molecular flexibility index (Phi) is 6.41. The number of ether oxygens (including phenoxy) is 2. The predicted octanol–water partition coefficient (Wildman–Crippen LogP) is 4.70. The Morgan fingerprint density at radius 2 is 2.07 bits per heavy atom. The summed E-state index contributed by atoms with van der Waals surface area (Å²) in [5.74, 6) is 0.369. The molecule has 5 nitrogen and oxygen atoms in total. The van der Waals surface area contributed by atoms with E-state index < -0.39 is 6.61 Å². The number of benzene rings is 1. The summed E-state index contributed by atoms with van der Waals surface area (Å²) in [5, 5.41) is 8.67. The Hall–Kier alpha value is -2.45. The van der Waals surface area contributed by atoms with E-state index in [0.717, 1.165) is 16.8 Å². The lowest BCUT2D eigenvalue weighted by Crippen LogP contribution is -2.22. The molecule has 0 spiro atoms. The number of rotatable bonds is 9. The molecule has 0 unspecified atom stereocenters. The first-order chi connectivity index (χ1) is 13.0. The van der Waals surface area contributed by atoms with Gasteiger partial charge >= 0.3 is 6.61 Å². The maximum atomic E-state index is 12.5. The summed E-state index contributed by atoms with van der Waals surface area (Å²) in [5.41, 5.74) is 2.99. The first-order valence-corrected chi connectivity index (χ1v) is 9.44. The van der Waals surface area contributed by atoms with Crippen molar-refractivity contribution in [2.24, 2.45) is 0 Å². The van der Waals surface area contributed by atoms with Gasteiger partial charge in [-0.15, -0.1) is 0 Å². The van der Waals surface area contributed by atoms with Crippen LogP contribution in [0.25, 0.3) is 11.3 Å². The second-order valence-electron chi connectivity index (χ2n) is 6.00. The van der Waals surface area contributed by atoms with Crippen LogP contribution < -0.4 is 9.47 Å². The highest BCUT2D eigenvalue weighted by Crippen LogP contribution is 2.30. The summed E-state index contributed by atoms with van der Waals surface area (Å²) in [7, 11) is 1.97. The van der Waals surface area contributed by atoms with Crippen LogP contribution in [0.15, 0.2) is 47.3 Å². The number of hydrogen-bond donors (Lipinski definition) is 0. The van der Waals surface area contributed by atoms with E-state index in [0.29, 0.717) is 25.6 Å². The zero-order chi connectivity index (χ0) is 19.2. The largest absolute Gasteiger partial charge is 0.490 e. The lowest BCUT2D eigenvalue weighted by molar-refractivity contribution is -0.0514. The van der Waals surface area contributed by atoms with Gasteiger partial charge in [0.05, 0.1) is 19.0 Å². The highest BCUT2D eigenvalue weighted by molar-refractivity contribution is 7.08. The van der Waals surface area contributed by atoms with Gasteiger partial charge in [-0.3, -0.25) is 9.58 Å². The van der Waals surface area contributed by atoms with Crippen LogP contribution in [0.3, 0.4) is 0 Å². The van der Waals surface area contributed by atoms with E-state index in [2.05, 4.69) is 20.1 Å². The van der Waals surface area contributed by atoms with Gasteiger partial charge in [0.25, 0.3) is 0 Å². The third kappa shape index (κ3) is 5.27. The molecule has 0 saturated carbocycles. The molecule has 0 saturated heterocycles. The average molecular weight is 393 g/mol. The Bertz CT molecular complexity index is 853. The molecule has 3 aromatic rings. The van der Waals surface area contributed by atoms with Crippen molar-refractivity contribution in [3.63, 3.8) is 0 Å². The van der Waals surface area contributed by atoms with Gasteiger partial charge in [-0.05, 0) is 49.2 Å². The van der Waals surface area contributed by atoms with Gasteiger partial charge < -0.3 is 9.47 Å². The summed E-state index contributed by atoms with van der Waals surface area (Å²) >= 11 is 1.64. The number of halogens is 2. The summed E-state index contributed by atoms with van der Waals surface area (Å²) in [6.45, 7) is 0.507. The van der Waals surface area contributed by atoms with Gasteiger partial charge in [0.2, 0.25) is 0 Å². The molecule has 1 aromatic carbocycles. The SMILES string of the molecule is CCOc1cc(CN(C)Cn2ccc(-c3ccsc3)n2)ccc1OC(F)F. The minimum atomic E-state index is -2.88. The fourth-order valence-electron chi connectivity index (χ4n) is 2.73. The summed E-state index contributed by atoms with van der Waals surface area (Å²) in [6, 6.07) is 9.04. The third-order valence-electron chi connectivity index (χ3n) is 3.82. The molecular formula is C19H21F2N3O2S. The van der Waals surface area contributed by atoms with Gasteiger partial charge in [0.15, 0.2) is 11.5 Å². The molecule has 27 heavy (non-hydrogen) atoms. The minimum absolute atomic E-state index is 0.0470. The molecule has 0 radical (unpaired) electrons. The molecule has 8 heteroatoms. The van der Waals surface area contributed by atoms with E-state index in [1.54, 1.807) is 30.4 Å². The van der Waals surface area contributed by atoms with E-state index >= 15 is 0 Å². The molecule has 0 fully saturated rings. The van der Waals surface area contributed by atoms with E-state index in [4.69, 9.17) is 4.74 Å². The van der Waals surface area contributed by atoms with Crippen molar-refractivity contribution in [1.29, 1.82) is 0 Å². The number of thiophene rings is 1. The molecule has 144 valence electrons. The molecule has 2 heterocycles. The third-order valence-corrected chi connectivity index (χ3v) is 4.50. The highest BCUT2D eigenvalue weighted by Gasteiger charge is 2.13. The van der Waals surface area contributed by atoms with Crippen molar-refractivity contribution >= 4 is 11.3 Å². The van der Waals surface area contributed by atoms with Gasteiger partial charge in [0.1, 0.15) is 0 Å². The molecule has 0 aliphatic rings. The second kappa shape index (κ2) is 8.96. The molecule has 3 rings (SSSR count). The van der Waals surface area contributed by atoms with Crippen LogP contribution in [0.1, 0.15) is 12.5 Å². The lowest BCUT2D eigenvalue weighted by atomic mass is 10.2. The van der Waals surface area contributed by atoms with E-state index in [1.165, 1.54) is 6.07 Å². The first kappa shape index (κ1) is 19.3. The van der Waals surface area contributed by atoms with Crippen LogP contribution in [0.2, 0.25) is 0 Å². The van der Waals surface area contributed by atoms with E-state index in [9.17, 15) is 8.78 Å². The zero-order valence-electron chi connectivity index (χ0n) is 15.1. The van der Waals surface area contributed by atoms with E-state index in [1.807, 2.05) is 35.4 Å². The maximum Gasteiger partial charge on any atom is 0.387 e. The standard InChI is InChI=1S/C19H21F2N3O2S/c1-3-25-18-10-14(4-5-17(18)26-19(20)21)11-23(2)13-24-8-6-16(22-24)15-7-9-27-12-15/h4-10,12,19H,3,11,13H2,1-2H3. The van der Waals surface area contributed by atoms with E-state index in [-0.39, 0.29) is 5.75 Å². The van der Waals surface area contributed by atoms with Crippen LogP contribution in [-0.4, -0.2) is 34.9 Å².